The molecule has 21 heavy (non-hydrogen) atoms. The van der Waals surface area contributed by atoms with Gasteiger partial charge in [0, 0.05) is 0 Å². The average molecular weight is 364 g/mol. The molecule has 0 fully saturated rings. The average Bonchev–Trinajstić information content (AvgIpc) is 2.49. The van der Waals surface area contributed by atoms with Crippen molar-refractivity contribution in [2.45, 2.75) is 52.2 Å². The normalized spacial score (nSPS) is 13.8. The Bertz CT molecular complexity index is 474. The second-order valence-electron chi connectivity index (χ2n) is 5.14. The van der Waals surface area contributed by atoms with Crippen LogP contribution in [0.4, 0.5) is 8.78 Å². The first kappa shape index (κ1) is 18.5. The minimum Gasteiger partial charge on any atom is -0.386 e. The maximum absolute atomic E-state index is 14.3. The Hall–Kier alpha value is -0.520. The summed E-state index contributed by atoms with van der Waals surface area (Å²) in [7, 11) is 0. The van der Waals surface area contributed by atoms with Crippen LogP contribution in [0.2, 0.25) is 0 Å². The molecule has 0 heterocycles. The van der Waals surface area contributed by atoms with Crippen LogP contribution in [0.3, 0.4) is 0 Å². The van der Waals surface area contributed by atoms with Crippen LogP contribution >= 0.6 is 15.9 Å². The fourth-order valence-electron chi connectivity index (χ4n) is 3.17. The summed E-state index contributed by atoms with van der Waals surface area (Å²) >= 11 is 3.06. The monoisotopic (exact) mass is 363 g/mol. The second-order valence-corrected chi connectivity index (χ2v) is 6.00. The lowest BCUT2D eigenvalue weighted by Gasteiger charge is -2.46. The van der Waals surface area contributed by atoms with Crippen molar-refractivity contribution in [3.63, 3.8) is 0 Å². The number of nitrogens with zero attached hydrogens (tertiary/aromatic N) is 1. The van der Waals surface area contributed by atoms with Crippen LogP contribution in [0.15, 0.2) is 16.6 Å². The SMILES string of the molecule is CCN(CC)C(CC)(CC)C(O)c1c(F)ccc(Br)c1F. The lowest BCUT2D eigenvalue weighted by Crippen LogP contribution is -2.52. The minimum atomic E-state index is -1.22. The molecule has 0 spiro atoms. The highest BCUT2D eigenvalue weighted by Crippen LogP contribution is 2.40. The van der Waals surface area contributed by atoms with Crippen molar-refractivity contribution in [3.8, 4) is 0 Å². The number of aliphatic hydroxyl groups is 1. The summed E-state index contributed by atoms with van der Waals surface area (Å²) in [6, 6.07) is 2.50. The van der Waals surface area contributed by atoms with Crippen molar-refractivity contribution in [1.82, 2.24) is 4.90 Å². The zero-order valence-electron chi connectivity index (χ0n) is 13.1. The Labute approximate surface area is 134 Å². The van der Waals surface area contributed by atoms with E-state index in [1.165, 1.54) is 12.1 Å². The second kappa shape index (κ2) is 7.65. The minimum absolute atomic E-state index is 0.165. The van der Waals surface area contributed by atoms with E-state index < -0.39 is 23.3 Å². The van der Waals surface area contributed by atoms with Crippen molar-refractivity contribution >= 4 is 15.9 Å². The predicted molar refractivity (Wildman–Crippen MR) is 85.3 cm³/mol. The van der Waals surface area contributed by atoms with Crippen molar-refractivity contribution in [3.05, 3.63) is 33.8 Å². The summed E-state index contributed by atoms with van der Waals surface area (Å²) in [4.78, 5) is 2.08. The van der Waals surface area contributed by atoms with E-state index in [9.17, 15) is 13.9 Å². The molecule has 0 bridgehead atoms. The van der Waals surface area contributed by atoms with Gasteiger partial charge in [-0.3, -0.25) is 4.90 Å². The molecule has 0 aromatic heterocycles. The van der Waals surface area contributed by atoms with Crippen LogP contribution in [-0.2, 0) is 0 Å². The van der Waals surface area contributed by atoms with Gasteiger partial charge in [-0.2, -0.15) is 0 Å². The van der Waals surface area contributed by atoms with Crippen LogP contribution in [-0.4, -0.2) is 28.6 Å². The van der Waals surface area contributed by atoms with Crippen molar-refractivity contribution < 1.29 is 13.9 Å². The molecule has 1 unspecified atom stereocenters. The number of hydrogen-bond acceptors (Lipinski definition) is 2. The van der Waals surface area contributed by atoms with E-state index in [0.717, 1.165) is 0 Å². The highest BCUT2D eigenvalue weighted by Gasteiger charge is 2.42. The topological polar surface area (TPSA) is 23.5 Å². The molecule has 0 aliphatic heterocycles. The summed E-state index contributed by atoms with van der Waals surface area (Å²) in [5, 5.41) is 10.8. The summed E-state index contributed by atoms with van der Waals surface area (Å²) in [6.07, 6.45) is 0.0000529. The van der Waals surface area contributed by atoms with Crippen LogP contribution in [0.1, 0.15) is 52.2 Å². The molecule has 0 aliphatic rings. The van der Waals surface area contributed by atoms with Gasteiger partial charge >= 0.3 is 0 Å². The van der Waals surface area contributed by atoms with Crippen LogP contribution in [0.5, 0.6) is 0 Å². The largest absolute Gasteiger partial charge is 0.386 e. The standard InChI is InChI=1S/C16H24BrF2NO/c1-5-16(6-2,20(7-3)8-4)15(21)13-12(18)10-9-11(17)14(13)19/h9-10,15,21H,5-8H2,1-4H3. The number of benzene rings is 1. The zero-order chi connectivity index (χ0) is 16.2. The number of likely N-dealkylation sites (N-methyl/N-ethyl adjacent to an activating group) is 1. The molecule has 120 valence electrons. The van der Waals surface area contributed by atoms with Crippen molar-refractivity contribution in [2.75, 3.05) is 13.1 Å². The molecule has 1 aromatic rings. The molecular formula is C16H24BrF2NO. The van der Waals surface area contributed by atoms with E-state index in [0.29, 0.717) is 25.9 Å². The van der Waals surface area contributed by atoms with E-state index in [2.05, 4.69) is 20.8 Å². The van der Waals surface area contributed by atoms with E-state index in [4.69, 9.17) is 0 Å². The third kappa shape index (κ3) is 3.30. The van der Waals surface area contributed by atoms with E-state index in [1.807, 2.05) is 27.7 Å². The van der Waals surface area contributed by atoms with Gasteiger partial charge in [0.15, 0.2) is 0 Å². The van der Waals surface area contributed by atoms with Gasteiger partial charge in [0.25, 0.3) is 0 Å². The van der Waals surface area contributed by atoms with Crippen molar-refractivity contribution in [2.24, 2.45) is 0 Å². The van der Waals surface area contributed by atoms with E-state index >= 15 is 0 Å². The van der Waals surface area contributed by atoms with Crippen LogP contribution in [0.25, 0.3) is 0 Å². The lowest BCUT2D eigenvalue weighted by atomic mass is 9.80. The van der Waals surface area contributed by atoms with E-state index in [-0.39, 0.29) is 10.0 Å². The molecule has 2 nitrogen and oxygen atoms in total. The number of halogens is 3. The molecule has 5 heteroatoms. The molecule has 1 atom stereocenters. The van der Waals surface area contributed by atoms with Gasteiger partial charge in [-0.05, 0) is 54.0 Å². The quantitative estimate of drug-likeness (QED) is 0.712. The van der Waals surface area contributed by atoms with Gasteiger partial charge in [0.05, 0.1) is 15.6 Å². The first-order chi connectivity index (χ1) is 9.89. The summed E-state index contributed by atoms with van der Waals surface area (Å²) in [6.45, 7) is 9.30. The van der Waals surface area contributed by atoms with Gasteiger partial charge in [0.1, 0.15) is 17.7 Å². The van der Waals surface area contributed by atoms with Gasteiger partial charge in [-0.15, -0.1) is 0 Å². The van der Waals surface area contributed by atoms with E-state index in [1.54, 1.807) is 0 Å². The number of aliphatic hydroxyl groups excluding tert-OH is 1. The molecule has 0 saturated carbocycles. The Morgan fingerprint density at radius 1 is 1.14 bits per heavy atom. The van der Waals surface area contributed by atoms with Gasteiger partial charge < -0.3 is 5.11 Å². The van der Waals surface area contributed by atoms with Crippen LogP contribution in [0, 0.1) is 11.6 Å². The molecule has 1 aromatic carbocycles. The fourth-order valence-corrected chi connectivity index (χ4v) is 3.52. The highest BCUT2D eigenvalue weighted by atomic mass is 79.9. The van der Waals surface area contributed by atoms with Gasteiger partial charge in [-0.1, -0.05) is 27.7 Å². The smallest absolute Gasteiger partial charge is 0.146 e. The zero-order valence-corrected chi connectivity index (χ0v) is 14.7. The molecule has 0 radical (unpaired) electrons. The predicted octanol–water partition coefficient (Wildman–Crippen LogP) is 4.66. The van der Waals surface area contributed by atoms with Crippen molar-refractivity contribution in [1.29, 1.82) is 0 Å². The third-order valence-electron chi connectivity index (χ3n) is 4.48. The molecule has 0 saturated heterocycles. The Morgan fingerprint density at radius 3 is 2.10 bits per heavy atom. The summed E-state index contributed by atoms with van der Waals surface area (Å²) < 4.78 is 28.6. The molecule has 1 rings (SSSR count). The fraction of sp³-hybridized carbons (Fsp3) is 0.625. The lowest BCUT2D eigenvalue weighted by molar-refractivity contribution is -0.0399. The van der Waals surface area contributed by atoms with Crippen LogP contribution < -0.4 is 0 Å². The van der Waals surface area contributed by atoms with Gasteiger partial charge in [0.2, 0.25) is 0 Å². The Morgan fingerprint density at radius 2 is 1.67 bits per heavy atom. The summed E-state index contributed by atoms with van der Waals surface area (Å²) in [5.74, 6) is -1.43. The molecule has 0 amide bonds. The first-order valence-electron chi connectivity index (χ1n) is 7.45. The maximum Gasteiger partial charge on any atom is 0.146 e. The first-order valence-corrected chi connectivity index (χ1v) is 8.25. The highest BCUT2D eigenvalue weighted by molar-refractivity contribution is 9.10. The maximum atomic E-state index is 14.3. The molecule has 0 aliphatic carbocycles. The Kier molecular flexibility index (Phi) is 6.75. The number of rotatable bonds is 7. The summed E-state index contributed by atoms with van der Waals surface area (Å²) in [5.41, 5.74) is -0.925. The molecular weight excluding hydrogens is 340 g/mol. The molecule has 1 N–H and O–H groups in total. The third-order valence-corrected chi connectivity index (χ3v) is 5.09. The number of hydrogen-bond donors (Lipinski definition) is 1. The van der Waals surface area contributed by atoms with Gasteiger partial charge in [-0.25, -0.2) is 8.78 Å². The Balaban J connectivity index is 3.43.